The second-order valence-electron chi connectivity index (χ2n) is 3.60. The maximum Gasteiger partial charge on any atom is 0.130 e. The first-order chi connectivity index (χ1) is 7.34. The Kier molecular flexibility index (Phi) is 1.65. The van der Waals surface area contributed by atoms with E-state index >= 15 is 0 Å². The van der Waals surface area contributed by atoms with E-state index in [2.05, 4.69) is 4.98 Å². The van der Waals surface area contributed by atoms with Crippen LogP contribution in [0.25, 0.3) is 10.9 Å². The smallest absolute Gasteiger partial charge is 0.130 e. The molecular weight excluding hydrogens is 188 g/mol. The molecule has 0 bridgehead atoms. The van der Waals surface area contributed by atoms with Gasteiger partial charge in [-0.05, 0) is 18.2 Å². The quantitative estimate of drug-likeness (QED) is 0.704. The molecule has 0 aliphatic carbocycles. The van der Waals surface area contributed by atoms with E-state index in [9.17, 15) is 0 Å². The summed E-state index contributed by atoms with van der Waals surface area (Å²) in [5.74, 6) is 0.879. The lowest BCUT2D eigenvalue weighted by Gasteiger charge is -2.16. The van der Waals surface area contributed by atoms with E-state index < -0.39 is 0 Å². The summed E-state index contributed by atoms with van der Waals surface area (Å²) in [6.07, 6.45) is 4.13. The second-order valence-corrected chi connectivity index (χ2v) is 3.60. The molecule has 0 radical (unpaired) electrons. The Balaban J connectivity index is 2.31. The summed E-state index contributed by atoms with van der Waals surface area (Å²) in [6, 6.07) is 7.87. The van der Waals surface area contributed by atoms with Gasteiger partial charge in [0.15, 0.2) is 0 Å². The van der Waals surface area contributed by atoms with Crippen molar-refractivity contribution >= 4 is 10.9 Å². The second kappa shape index (κ2) is 2.98. The first-order valence-electron chi connectivity index (χ1n) is 4.82. The number of nitrogens with zero attached hydrogens (tertiary/aromatic N) is 1. The predicted octanol–water partition coefficient (Wildman–Crippen LogP) is 1.97. The van der Waals surface area contributed by atoms with Gasteiger partial charge >= 0.3 is 0 Å². The lowest BCUT2D eigenvalue weighted by Crippen LogP contribution is -2.09. The number of allylic oxidation sites excluding steroid dienone is 1. The molecule has 0 saturated heterocycles. The van der Waals surface area contributed by atoms with E-state index in [0.717, 1.165) is 34.3 Å². The van der Waals surface area contributed by atoms with Gasteiger partial charge in [0.2, 0.25) is 0 Å². The number of pyridine rings is 1. The zero-order valence-electron chi connectivity index (χ0n) is 8.10. The minimum absolute atomic E-state index is 0.734. The van der Waals surface area contributed by atoms with Gasteiger partial charge in [-0.25, -0.2) is 0 Å². The van der Waals surface area contributed by atoms with Crippen LogP contribution in [0.2, 0.25) is 0 Å². The lowest BCUT2D eigenvalue weighted by molar-refractivity contribution is 0.457. The minimum Gasteiger partial charge on any atom is -0.463 e. The van der Waals surface area contributed by atoms with Crippen LogP contribution in [-0.4, -0.2) is 4.98 Å². The number of aromatic nitrogens is 1. The van der Waals surface area contributed by atoms with Crippen LogP contribution in [0, 0.1) is 0 Å². The van der Waals surface area contributed by atoms with Crippen molar-refractivity contribution < 1.29 is 4.74 Å². The van der Waals surface area contributed by atoms with Crippen LogP contribution in [0.15, 0.2) is 42.4 Å². The van der Waals surface area contributed by atoms with Crippen LogP contribution in [-0.2, 0) is 6.42 Å². The fourth-order valence-electron chi connectivity index (χ4n) is 1.87. The highest BCUT2D eigenvalue weighted by atomic mass is 16.5. The third-order valence-corrected chi connectivity index (χ3v) is 2.57. The molecule has 1 aliphatic rings. The van der Waals surface area contributed by atoms with E-state index in [-0.39, 0.29) is 0 Å². The molecule has 0 amide bonds. The summed E-state index contributed by atoms with van der Waals surface area (Å²) in [4.78, 5) is 4.30. The molecule has 1 aromatic heterocycles. The first kappa shape index (κ1) is 8.29. The topological polar surface area (TPSA) is 48.1 Å². The molecule has 0 spiro atoms. The van der Waals surface area contributed by atoms with Gasteiger partial charge in [-0.1, -0.05) is 6.07 Å². The number of nitrogens with two attached hydrogens (primary N) is 1. The van der Waals surface area contributed by atoms with E-state index in [1.54, 1.807) is 12.5 Å². The van der Waals surface area contributed by atoms with Gasteiger partial charge in [-0.2, -0.15) is 0 Å². The van der Waals surface area contributed by atoms with Crippen molar-refractivity contribution in [3.8, 4) is 5.75 Å². The van der Waals surface area contributed by atoms with Crippen molar-refractivity contribution in [3.63, 3.8) is 0 Å². The molecule has 1 aromatic carbocycles. The van der Waals surface area contributed by atoms with Crippen molar-refractivity contribution in [1.82, 2.24) is 4.98 Å². The van der Waals surface area contributed by atoms with Crippen molar-refractivity contribution in [2.75, 3.05) is 0 Å². The molecule has 2 aromatic rings. The standard InChI is InChI=1S/C12H10N2O/c13-8-6-10-9-2-1-5-14-11(9)3-4-12(10)15-7-8/h1-5,7H,6,13H2. The van der Waals surface area contributed by atoms with Gasteiger partial charge < -0.3 is 10.5 Å². The van der Waals surface area contributed by atoms with E-state index in [1.165, 1.54) is 0 Å². The Morgan fingerprint density at radius 2 is 2.20 bits per heavy atom. The molecule has 0 fully saturated rings. The van der Waals surface area contributed by atoms with Crippen LogP contribution < -0.4 is 10.5 Å². The minimum atomic E-state index is 0.734. The highest BCUT2D eigenvalue weighted by Crippen LogP contribution is 2.31. The van der Waals surface area contributed by atoms with Crippen LogP contribution in [0.3, 0.4) is 0 Å². The summed E-state index contributed by atoms with van der Waals surface area (Å²) in [5.41, 5.74) is 8.61. The Hall–Kier alpha value is -2.03. The monoisotopic (exact) mass is 198 g/mol. The van der Waals surface area contributed by atoms with Crippen molar-refractivity contribution in [1.29, 1.82) is 0 Å². The van der Waals surface area contributed by atoms with Gasteiger partial charge in [0.1, 0.15) is 12.0 Å². The first-order valence-corrected chi connectivity index (χ1v) is 4.82. The normalized spacial score (nSPS) is 14.3. The van der Waals surface area contributed by atoms with Crippen molar-refractivity contribution in [2.24, 2.45) is 5.73 Å². The molecule has 0 atom stereocenters. The van der Waals surface area contributed by atoms with Crippen molar-refractivity contribution in [2.45, 2.75) is 6.42 Å². The molecule has 3 nitrogen and oxygen atoms in total. The van der Waals surface area contributed by atoms with Crippen LogP contribution in [0.5, 0.6) is 5.75 Å². The van der Waals surface area contributed by atoms with E-state index in [1.807, 2.05) is 24.3 Å². The molecule has 2 N–H and O–H groups in total. The number of hydrogen-bond donors (Lipinski definition) is 1. The van der Waals surface area contributed by atoms with Crippen LogP contribution in [0.4, 0.5) is 0 Å². The summed E-state index contributed by atoms with van der Waals surface area (Å²) < 4.78 is 5.43. The SMILES string of the molecule is NC1=COc2ccc3ncccc3c2C1. The zero-order valence-corrected chi connectivity index (χ0v) is 8.10. The maximum absolute atomic E-state index is 5.76. The Labute approximate surface area is 87.2 Å². The average Bonchev–Trinajstić information content (AvgIpc) is 2.29. The molecule has 0 unspecified atom stereocenters. The zero-order chi connectivity index (χ0) is 10.3. The number of rotatable bonds is 0. The maximum atomic E-state index is 5.76. The van der Waals surface area contributed by atoms with Crippen LogP contribution >= 0.6 is 0 Å². The molecule has 15 heavy (non-hydrogen) atoms. The largest absolute Gasteiger partial charge is 0.463 e. The summed E-state index contributed by atoms with van der Waals surface area (Å²) in [5, 5.41) is 1.12. The number of benzene rings is 1. The Morgan fingerprint density at radius 1 is 1.27 bits per heavy atom. The van der Waals surface area contributed by atoms with Crippen molar-refractivity contribution in [3.05, 3.63) is 48.0 Å². The van der Waals surface area contributed by atoms with Crippen LogP contribution in [0.1, 0.15) is 5.56 Å². The number of hydrogen-bond acceptors (Lipinski definition) is 3. The molecular formula is C12H10N2O. The predicted molar refractivity (Wildman–Crippen MR) is 58.3 cm³/mol. The number of ether oxygens (including phenoxy) is 1. The highest BCUT2D eigenvalue weighted by Gasteiger charge is 2.13. The van der Waals surface area contributed by atoms with Gasteiger partial charge in [0.05, 0.1) is 5.52 Å². The summed E-state index contributed by atoms with van der Waals surface area (Å²) in [7, 11) is 0. The summed E-state index contributed by atoms with van der Waals surface area (Å²) in [6.45, 7) is 0. The van der Waals surface area contributed by atoms with E-state index in [4.69, 9.17) is 10.5 Å². The molecule has 3 rings (SSSR count). The highest BCUT2D eigenvalue weighted by molar-refractivity contribution is 5.85. The molecule has 2 heterocycles. The molecule has 74 valence electrons. The number of fused-ring (bicyclic) bond motifs is 3. The van der Waals surface area contributed by atoms with Gasteiger partial charge in [-0.3, -0.25) is 4.98 Å². The molecule has 3 heteroatoms. The lowest BCUT2D eigenvalue weighted by atomic mass is 10.0. The van der Waals surface area contributed by atoms with Gasteiger partial charge in [0.25, 0.3) is 0 Å². The fraction of sp³-hybridized carbons (Fsp3) is 0.0833. The molecule has 0 saturated carbocycles. The third kappa shape index (κ3) is 1.24. The fourth-order valence-corrected chi connectivity index (χ4v) is 1.87. The van der Waals surface area contributed by atoms with E-state index in [0.29, 0.717) is 0 Å². The Bertz CT molecular complexity index is 561. The molecule has 1 aliphatic heterocycles. The Morgan fingerprint density at radius 3 is 3.13 bits per heavy atom. The van der Waals surface area contributed by atoms with Gasteiger partial charge in [-0.15, -0.1) is 0 Å². The third-order valence-electron chi connectivity index (χ3n) is 2.57. The van der Waals surface area contributed by atoms with Gasteiger partial charge in [0, 0.05) is 29.3 Å². The average molecular weight is 198 g/mol. The summed E-state index contributed by atoms with van der Waals surface area (Å²) >= 11 is 0.